The Labute approximate surface area is 89.5 Å². The van der Waals surface area contributed by atoms with E-state index in [0.29, 0.717) is 5.69 Å². The van der Waals surface area contributed by atoms with E-state index >= 15 is 0 Å². The standard InChI is InChI=1S/C11H16N2O2/c1-3-4-8-12-11-9(2)6-5-7-10(11)13(14)15/h5-7,12H,3-4,8H2,1-2H3. The van der Waals surface area contributed by atoms with Gasteiger partial charge in [-0.25, -0.2) is 0 Å². The van der Waals surface area contributed by atoms with E-state index in [-0.39, 0.29) is 10.6 Å². The Kier molecular flexibility index (Phi) is 4.09. The molecule has 1 N–H and O–H groups in total. The van der Waals surface area contributed by atoms with Crippen LogP contribution in [0, 0.1) is 17.0 Å². The number of nitro groups is 1. The fraction of sp³-hybridized carbons (Fsp3) is 0.455. The summed E-state index contributed by atoms with van der Waals surface area (Å²) in [5, 5.41) is 13.9. The summed E-state index contributed by atoms with van der Waals surface area (Å²) in [6, 6.07) is 5.11. The smallest absolute Gasteiger partial charge is 0.292 e. The van der Waals surface area contributed by atoms with Crippen LogP contribution in [0.2, 0.25) is 0 Å². The Bertz CT molecular complexity index is 350. The van der Waals surface area contributed by atoms with Crippen LogP contribution in [0.4, 0.5) is 11.4 Å². The molecule has 0 bridgehead atoms. The summed E-state index contributed by atoms with van der Waals surface area (Å²) in [6.45, 7) is 4.75. The van der Waals surface area contributed by atoms with Crippen LogP contribution < -0.4 is 5.32 Å². The minimum atomic E-state index is -0.346. The molecule has 0 aromatic heterocycles. The van der Waals surface area contributed by atoms with Crippen molar-refractivity contribution in [1.29, 1.82) is 0 Å². The average molecular weight is 208 g/mol. The minimum Gasteiger partial charge on any atom is -0.379 e. The molecule has 0 radical (unpaired) electrons. The zero-order valence-electron chi connectivity index (χ0n) is 9.12. The van der Waals surface area contributed by atoms with Gasteiger partial charge in [0, 0.05) is 12.6 Å². The maximum absolute atomic E-state index is 10.8. The third-order valence-corrected chi connectivity index (χ3v) is 2.28. The summed E-state index contributed by atoms with van der Waals surface area (Å²) in [4.78, 5) is 10.4. The molecule has 0 atom stereocenters. The first kappa shape index (κ1) is 11.5. The van der Waals surface area contributed by atoms with Crippen molar-refractivity contribution < 1.29 is 4.92 Å². The zero-order chi connectivity index (χ0) is 11.3. The van der Waals surface area contributed by atoms with Crippen LogP contribution in [0.1, 0.15) is 25.3 Å². The van der Waals surface area contributed by atoms with Crippen molar-refractivity contribution in [3.63, 3.8) is 0 Å². The number of anilines is 1. The fourth-order valence-corrected chi connectivity index (χ4v) is 1.42. The number of hydrogen-bond acceptors (Lipinski definition) is 3. The lowest BCUT2D eigenvalue weighted by atomic mass is 10.1. The van der Waals surface area contributed by atoms with E-state index in [4.69, 9.17) is 0 Å². The van der Waals surface area contributed by atoms with E-state index < -0.39 is 0 Å². The maximum Gasteiger partial charge on any atom is 0.292 e. The summed E-state index contributed by atoms with van der Waals surface area (Å²) < 4.78 is 0. The van der Waals surface area contributed by atoms with Crippen molar-refractivity contribution in [3.05, 3.63) is 33.9 Å². The highest BCUT2D eigenvalue weighted by molar-refractivity contribution is 5.65. The van der Waals surface area contributed by atoms with Gasteiger partial charge in [0.05, 0.1) is 4.92 Å². The lowest BCUT2D eigenvalue weighted by Gasteiger charge is -2.08. The number of nitrogens with zero attached hydrogens (tertiary/aromatic N) is 1. The molecule has 1 aromatic rings. The van der Waals surface area contributed by atoms with E-state index in [9.17, 15) is 10.1 Å². The van der Waals surface area contributed by atoms with Crippen LogP contribution in [0.3, 0.4) is 0 Å². The Hall–Kier alpha value is -1.58. The first-order chi connectivity index (χ1) is 7.16. The molecule has 4 heteroatoms. The Balaban J connectivity index is 2.87. The molecule has 0 saturated carbocycles. The predicted octanol–water partition coefficient (Wildman–Crippen LogP) is 3.12. The maximum atomic E-state index is 10.8. The molecular formula is C11H16N2O2. The first-order valence-electron chi connectivity index (χ1n) is 5.14. The topological polar surface area (TPSA) is 55.2 Å². The second-order valence-corrected chi connectivity index (χ2v) is 3.51. The normalized spacial score (nSPS) is 10.0. The van der Waals surface area contributed by atoms with E-state index in [0.717, 1.165) is 24.9 Å². The minimum absolute atomic E-state index is 0.158. The number of benzene rings is 1. The van der Waals surface area contributed by atoms with Crippen molar-refractivity contribution in [3.8, 4) is 0 Å². The van der Waals surface area contributed by atoms with Gasteiger partial charge in [-0.05, 0) is 18.9 Å². The third kappa shape index (κ3) is 2.94. The molecule has 0 aliphatic rings. The van der Waals surface area contributed by atoms with Gasteiger partial charge in [0.2, 0.25) is 0 Å². The second-order valence-electron chi connectivity index (χ2n) is 3.51. The van der Waals surface area contributed by atoms with E-state index in [1.54, 1.807) is 6.07 Å². The molecular weight excluding hydrogens is 192 g/mol. The molecule has 0 aliphatic carbocycles. The van der Waals surface area contributed by atoms with Crippen LogP contribution in [0.5, 0.6) is 0 Å². The van der Waals surface area contributed by atoms with Crippen molar-refractivity contribution in [1.82, 2.24) is 0 Å². The zero-order valence-corrected chi connectivity index (χ0v) is 9.12. The van der Waals surface area contributed by atoms with Gasteiger partial charge in [0.15, 0.2) is 0 Å². The fourth-order valence-electron chi connectivity index (χ4n) is 1.42. The molecule has 0 amide bonds. The van der Waals surface area contributed by atoms with Crippen LogP contribution in [-0.2, 0) is 0 Å². The highest BCUT2D eigenvalue weighted by atomic mass is 16.6. The molecule has 15 heavy (non-hydrogen) atoms. The van der Waals surface area contributed by atoms with E-state index in [1.807, 2.05) is 13.0 Å². The Morgan fingerprint density at radius 2 is 2.20 bits per heavy atom. The molecule has 82 valence electrons. The molecule has 0 heterocycles. The molecule has 1 aromatic carbocycles. The predicted molar refractivity (Wildman–Crippen MR) is 61.2 cm³/mol. The highest BCUT2D eigenvalue weighted by Gasteiger charge is 2.14. The van der Waals surface area contributed by atoms with Gasteiger partial charge >= 0.3 is 0 Å². The largest absolute Gasteiger partial charge is 0.379 e. The second kappa shape index (κ2) is 5.34. The molecule has 0 spiro atoms. The van der Waals surface area contributed by atoms with Crippen molar-refractivity contribution in [2.24, 2.45) is 0 Å². The van der Waals surface area contributed by atoms with E-state index in [2.05, 4.69) is 12.2 Å². The van der Waals surface area contributed by atoms with Crippen molar-refractivity contribution in [2.45, 2.75) is 26.7 Å². The molecule has 0 unspecified atom stereocenters. The molecule has 0 aliphatic heterocycles. The average Bonchev–Trinajstić information content (AvgIpc) is 2.20. The van der Waals surface area contributed by atoms with Gasteiger partial charge in [-0.3, -0.25) is 10.1 Å². The van der Waals surface area contributed by atoms with E-state index in [1.165, 1.54) is 6.07 Å². The molecule has 0 fully saturated rings. The quantitative estimate of drug-likeness (QED) is 0.459. The van der Waals surface area contributed by atoms with Gasteiger partial charge in [0.25, 0.3) is 5.69 Å². The number of rotatable bonds is 5. The highest BCUT2D eigenvalue weighted by Crippen LogP contribution is 2.27. The monoisotopic (exact) mass is 208 g/mol. The van der Waals surface area contributed by atoms with Gasteiger partial charge < -0.3 is 5.32 Å². The van der Waals surface area contributed by atoms with Gasteiger partial charge in [0.1, 0.15) is 5.69 Å². The summed E-state index contributed by atoms with van der Waals surface area (Å²) in [7, 11) is 0. The first-order valence-corrected chi connectivity index (χ1v) is 5.14. The van der Waals surface area contributed by atoms with Gasteiger partial charge in [-0.1, -0.05) is 25.5 Å². The summed E-state index contributed by atoms with van der Waals surface area (Å²) >= 11 is 0. The molecule has 4 nitrogen and oxygen atoms in total. The number of nitrogens with one attached hydrogen (secondary N) is 1. The Morgan fingerprint density at radius 3 is 2.80 bits per heavy atom. The summed E-state index contributed by atoms with van der Waals surface area (Å²) in [5.74, 6) is 0. The summed E-state index contributed by atoms with van der Waals surface area (Å²) in [6.07, 6.45) is 2.10. The third-order valence-electron chi connectivity index (χ3n) is 2.28. The van der Waals surface area contributed by atoms with Crippen LogP contribution in [-0.4, -0.2) is 11.5 Å². The number of aryl methyl sites for hydroxylation is 1. The van der Waals surface area contributed by atoms with Crippen molar-refractivity contribution in [2.75, 3.05) is 11.9 Å². The number of nitro benzene ring substituents is 1. The lowest BCUT2D eigenvalue weighted by molar-refractivity contribution is -0.384. The van der Waals surface area contributed by atoms with Crippen LogP contribution >= 0.6 is 0 Å². The van der Waals surface area contributed by atoms with Crippen molar-refractivity contribution >= 4 is 11.4 Å². The van der Waals surface area contributed by atoms with Crippen LogP contribution in [0.25, 0.3) is 0 Å². The summed E-state index contributed by atoms with van der Waals surface area (Å²) in [5.41, 5.74) is 1.72. The Morgan fingerprint density at radius 1 is 1.47 bits per heavy atom. The van der Waals surface area contributed by atoms with Gasteiger partial charge in [-0.15, -0.1) is 0 Å². The van der Waals surface area contributed by atoms with Crippen LogP contribution in [0.15, 0.2) is 18.2 Å². The number of hydrogen-bond donors (Lipinski definition) is 1. The number of unbranched alkanes of at least 4 members (excludes halogenated alkanes) is 1. The number of para-hydroxylation sites is 1. The molecule has 1 rings (SSSR count). The molecule has 0 saturated heterocycles. The SMILES string of the molecule is CCCCNc1c(C)cccc1[N+](=O)[O-]. The lowest BCUT2D eigenvalue weighted by Crippen LogP contribution is -2.05. The van der Waals surface area contributed by atoms with Gasteiger partial charge in [-0.2, -0.15) is 0 Å².